The second kappa shape index (κ2) is 7.84. The van der Waals surface area contributed by atoms with Gasteiger partial charge in [-0.3, -0.25) is 9.69 Å². The molecule has 0 radical (unpaired) electrons. The van der Waals surface area contributed by atoms with Gasteiger partial charge in [-0.1, -0.05) is 17.7 Å². The van der Waals surface area contributed by atoms with Gasteiger partial charge in [0.15, 0.2) is 17.3 Å². The molecule has 2 heterocycles. The summed E-state index contributed by atoms with van der Waals surface area (Å²) in [5.74, 6) is 1.38. The largest absolute Gasteiger partial charge is 0.485 e. The number of nitrogens with zero attached hydrogens (tertiary/aromatic N) is 2. The first-order chi connectivity index (χ1) is 13.2. The number of carbonyl (C=O) groups is 1. The van der Waals surface area contributed by atoms with Crippen LogP contribution >= 0.6 is 0 Å². The van der Waals surface area contributed by atoms with Crippen LogP contribution in [0.25, 0.3) is 0 Å². The van der Waals surface area contributed by atoms with Crippen LogP contribution < -0.4 is 14.4 Å². The smallest absolute Gasteiger partial charge is 0.176 e. The second-order valence-corrected chi connectivity index (χ2v) is 6.98. The number of ether oxygens (including phenoxy) is 2. The van der Waals surface area contributed by atoms with Crippen LogP contribution in [-0.2, 0) is 0 Å². The molecular weight excluding hydrogens is 340 g/mol. The molecule has 1 fully saturated rings. The Kier molecular flexibility index (Phi) is 5.12. The van der Waals surface area contributed by atoms with Crippen LogP contribution in [-0.4, -0.2) is 50.0 Å². The molecule has 2 aromatic carbocycles. The van der Waals surface area contributed by atoms with Gasteiger partial charge in [0.1, 0.15) is 6.61 Å². The van der Waals surface area contributed by atoms with Crippen LogP contribution in [0.3, 0.4) is 0 Å². The highest BCUT2D eigenvalue weighted by molar-refractivity contribution is 5.98. The van der Waals surface area contributed by atoms with Crippen molar-refractivity contribution in [3.63, 3.8) is 0 Å². The Hall–Kier alpha value is -2.79. The highest BCUT2D eigenvalue weighted by atomic mass is 16.5. The number of carbonyl (C=O) groups excluding carboxylic acids is 1. The van der Waals surface area contributed by atoms with E-state index < -0.39 is 0 Å². The number of benzene rings is 2. The van der Waals surface area contributed by atoms with E-state index in [4.69, 9.17) is 9.47 Å². The van der Waals surface area contributed by atoms with Crippen LogP contribution in [0, 0.1) is 6.92 Å². The lowest BCUT2D eigenvalue weighted by atomic mass is 10.1. The van der Waals surface area contributed by atoms with Crippen LogP contribution in [0.15, 0.2) is 54.8 Å². The lowest BCUT2D eigenvalue weighted by molar-refractivity contribution is 0.0926. The van der Waals surface area contributed by atoms with E-state index in [0.29, 0.717) is 30.2 Å². The number of hydrogen-bond acceptors (Lipinski definition) is 5. The maximum Gasteiger partial charge on any atom is 0.176 e. The maximum absolute atomic E-state index is 12.7. The molecule has 2 aliphatic rings. The first-order valence-corrected chi connectivity index (χ1v) is 9.35. The molecule has 0 amide bonds. The molecule has 0 saturated carbocycles. The van der Waals surface area contributed by atoms with E-state index in [9.17, 15) is 4.79 Å². The summed E-state index contributed by atoms with van der Waals surface area (Å²) in [5, 5.41) is 0. The minimum Gasteiger partial charge on any atom is -0.485 e. The van der Waals surface area contributed by atoms with Gasteiger partial charge in [0.25, 0.3) is 0 Å². The molecule has 0 unspecified atom stereocenters. The first kappa shape index (κ1) is 17.6. The standard InChI is InChI=1S/C22H24N2O3/c1-17-3-6-19(7-4-17)24-11-9-23(10-12-24)16-20(25)18-5-8-21-22(15-18)27-14-2-13-26-21/h2-8,13,15H,9-12,14,16H2,1H3. The number of piperazine rings is 1. The normalized spacial score (nSPS) is 16.9. The van der Waals surface area contributed by atoms with Gasteiger partial charge in [0.05, 0.1) is 12.8 Å². The van der Waals surface area contributed by atoms with Gasteiger partial charge in [-0.2, -0.15) is 0 Å². The number of aryl methyl sites for hydroxylation is 1. The minimum absolute atomic E-state index is 0.113. The summed E-state index contributed by atoms with van der Waals surface area (Å²) < 4.78 is 11.1. The molecule has 0 bridgehead atoms. The Labute approximate surface area is 159 Å². The fraction of sp³-hybridized carbons (Fsp3) is 0.318. The van der Waals surface area contributed by atoms with Crippen molar-refractivity contribution in [2.45, 2.75) is 6.92 Å². The number of rotatable bonds is 4. The Bertz CT molecular complexity index is 837. The molecule has 0 N–H and O–H groups in total. The number of ketones is 1. The first-order valence-electron chi connectivity index (χ1n) is 9.35. The van der Waals surface area contributed by atoms with Gasteiger partial charge in [-0.15, -0.1) is 0 Å². The fourth-order valence-corrected chi connectivity index (χ4v) is 3.40. The highest BCUT2D eigenvalue weighted by Gasteiger charge is 2.21. The van der Waals surface area contributed by atoms with Crippen molar-refractivity contribution in [2.24, 2.45) is 0 Å². The molecule has 2 aromatic rings. The highest BCUT2D eigenvalue weighted by Crippen LogP contribution is 2.30. The van der Waals surface area contributed by atoms with Gasteiger partial charge in [0, 0.05) is 37.4 Å². The van der Waals surface area contributed by atoms with Crippen LogP contribution in [0.1, 0.15) is 15.9 Å². The zero-order chi connectivity index (χ0) is 18.6. The van der Waals surface area contributed by atoms with Gasteiger partial charge in [-0.25, -0.2) is 0 Å². The predicted molar refractivity (Wildman–Crippen MR) is 106 cm³/mol. The summed E-state index contributed by atoms with van der Waals surface area (Å²) in [6, 6.07) is 14.0. The lowest BCUT2D eigenvalue weighted by Crippen LogP contribution is -2.48. The zero-order valence-electron chi connectivity index (χ0n) is 15.6. The molecule has 2 aliphatic heterocycles. The Morgan fingerprint density at radius 2 is 1.78 bits per heavy atom. The lowest BCUT2D eigenvalue weighted by Gasteiger charge is -2.35. The van der Waals surface area contributed by atoms with E-state index in [1.165, 1.54) is 11.3 Å². The third-order valence-corrected chi connectivity index (χ3v) is 5.03. The van der Waals surface area contributed by atoms with Crippen LogP contribution in [0.2, 0.25) is 0 Å². The van der Waals surface area contributed by atoms with Gasteiger partial charge >= 0.3 is 0 Å². The van der Waals surface area contributed by atoms with Crippen molar-refractivity contribution < 1.29 is 14.3 Å². The minimum atomic E-state index is 0.113. The summed E-state index contributed by atoms with van der Waals surface area (Å²) in [5.41, 5.74) is 3.19. The molecule has 140 valence electrons. The van der Waals surface area contributed by atoms with Gasteiger partial charge in [-0.05, 0) is 43.3 Å². The molecule has 4 rings (SSSR count). The predicted octanol–water partition coefficient (Wildman–Crippen LogP) is 3.28. The fourth-order valence-electron chi connectivity index (χ4n) is 3.40. The maximum atomic E-state index is 12.7. The van der Waals surface area contributed by atoms with E-state index in [1.54, 1.807) is 24.5 Å². The molecule has 5 nitrogen and oxygen atoms in total. The molecule has 0 spiro atoms. The Morgan fingerprint density at radius 3 is 2.56 bits per heavy atom. The number of fused-ring (bicyclic) bond motifs is 1. The Balaban J connectivity index is 1.34. The monoisotopic (exact) mass is 364 g/mol. The number of anilines is 1. The topological polar surface area (TPSA) is 42.0 Å². The Morgan fingerprint density at radius 1 is 1.00 bits per heavy atom. The average Bonchev–Trinajstić information content (AvgIpc) is 2.94. The van der Waals surface area contributed by atoms with Crippen molar-refractivity contribution in [3.05, 3.63) is 65.9 Å². The average molecular weight is 364 g/mol. The molecule has 27 heavy (non-hydrogen) atoms. The van der Waals surface area contributed by atoms with E-state index in [-0.39, 0.29) is 5.78 Å². The van der Waals surface area contributed by atoms with Crippen molar-refractivity contribution in [3.8, 4) is 11.5 Å². The van der Waals surface area contributed by atoms with Crippen molar-refractivity contribution in [1.82, 2.24) is 4.90 Å². The van der Waals surface area contributed by atoms with E-state index in [0.717, 1.165) is 26.2 Å². The summed E-state index contributed by atoms with van der Waals surface area (Å²) in [7, 11) is 0. The van der Waals surface area contributed by atoms with Crippen LogP contribution in [0.4, 0.5) is 5.69 Å². The third kappa shape index (κ3) is 4.14. The number of Topliss-reactive ketones (excluding diaryl/α,β-unsaturated/α-hetero) is 1. The third-order valence-electron chi connectivity index (χ3n) is 5.03. The molecule has 5 heteroatoms. The van der Waals surface area contributed by atoms with E-state index >= 15 is 0 Å². The van der Waals surface area contributed by atoms with Crippen molar-refractivity contribution >= 4 is 11.5 Å². The van der Waals surface area contributed by atoms with E-state index in [1.807, 2.05) is 6.07 Å². The molecule has 0 aliphatic carbocycles. The second-order valence-electron chi connectivity index (χ2n) is 6.98. The van der Waals surface area contributed by atoms with Crippen LogP contribution in [0.5, 0.6) is 11.5 Å². The van der Waals surface area contributed by atoms with Gasteiger partial charge < -0.3 is 14.4 Å². The summed E-state index contributed by atoms with van der Waals surface area (Å²) in [6.07, 6.45) is 3.41. The summed E-state index contributed by atoms with van der Waals surface area (Å²) >= 11 is 0. The SMILES string of the molecule is Cc1ccc(N2CCN(CC(=O)c3ccc4c(c3)OCC=CO4)CC2)cc1. The quantitative estimate of drug-likeness (QED) is 0.779. The molecular formula is C22H24N2O3. The molecule has 0 atom stereocenters. The van der Waals surface area contributed by atoms with Crippen molar-refractivity contribution in [1.29, 1.82) is 0 Å². The molecule has 1 saturated heterocycles. The van der Waals surface area contributed by atoms with E-state index in [2.05, 4.69) is 41.0 Å². The number of hydrogen-bond donors (Lipinski definition) is 0. The summed E-state index contributed by atoms with van der Waals surface area (Å²) in [4.78, 5) is 17.3. The van der Waals surface area contributed by atoms with Gasteiger partial charge in [0.2, 0.25) is 0 Å². The summed E-state index contributed by atoms with van der Waals surface area (Å²) in [6.45, 7) is 6.61. The van der Waals surface area contributed by atoms with Crippen molar-refractivity contribution in [2.75, 3.05) is 44.2 Å². The zero-order valence-corrected chi connectivity index (χ0v) is 15.6. The molecule has 0 aromatic heterocycles.